The van der Waals surface area contributed by atoms with Crippen LogP contribution in [0.1, 0.15) is 97.1 Å². The first-order valence-corrected chi connectivity index (χ1v) is 17.5. The summed E-state index contributed by atoms with van der Waals surface area (Å²) >= 11 is 0. The number of carbonyl (C=O) groups is 2. The molecule has 0 bridgehead atoms. The van der Waals surface area contributed by atoms with E-state index in [1.165, 1.54) is 0 Å². The molecule has 0 saturated carbocycles. The Hall–Kier alpha value is -0.960. The van der Waals surface area contributed by atoms with Gasteiger partial charge in [0.25, 0.3) is 0 Å². The Labute approximate surface area is 329 Å². The number of unbranched alkanes of at least 4 members (excludes halogenated alkanes) is 4. The Morgan fingerprint density at radius 3 is 1.04 bits per heavy atom. The van der Waals surface area contributed by atoms with Gasteiger partial charge in [-0.3, -0.25) is 9.59 Å². The van der Waals surface area contributed by atoms with Crippen LogP contribution in [0.15, 0.2) is 48.5 Å². The molecule has 50 heavy (non-hydrogen) atoms. The molecular formula is C30H32F8Na2O8S2. The first-order chi connectivity index (χ1) is 21.9. The molecule has 0 amide bonds. The molecule has 0 aromatic heterocycles. The van der Waals surface area contributed by atoms with E-state index < -0.39 is 101 Å². The summed E-state index contributed by atoms with van der Waals surface area (Å²) in [6, 6.07) is 1.56. The molecule has 2 aromatic rings. The van der Waals surface area contributed by atoms with Crippen LogP contribution >= 0.6 is 0 Å². The normalized spacial score (nSPS) is 14.2. The van der Waals surface area contributed by atoms with Gasteiger partial charge in [-0.15, -0.1) is 0 Å². The summed E-state index contributed by atoms with van der Waals surface area (Å²) in [7, 11) is -10.5. The molecule has 270 valence electrons. The molecule has 2 unspecified atom stereocenters. The van der Waals surface area contributed by atoms with Crippen molar-refractivity contribution in [2.45, 2.75) is 99.4 Å². The zero-order valence-electron chi connectivity index (χ0n) is 27.5. The van der Waals surface area contributed by atoms with Gasteiger partial charge in [-0.25, -0.2) is 16.8 Å². The molecule has 0 aliphatic carbocycles. The van der Waals surface area contributed by atoms with Crippen molar-refractivity contribution < 1.29 is 130 Å². The third kappa shape index (κ3) is 10.8. The summed E-state index contributed by atoms with van der Waals surface area (Å²) in [5, 5.41) is -4.31. The van der Waals surface area contributed by atoms with Crippen LogP contribution in [0.3, 0.4) is 0 Å². The van der Waals surface area contributed by atoms with E-state index in [-0.39, 0.29) is 96.2 Å². The van der Waals surface area contributed by atoms with Crippen molar-refractivity contribution in [1.82, 2.24) is 0 Å². The summed E-state index contributed by atoms with van der Waals surface area (Å²) in [5.41, 5.74) is -5.35. The molecule has 0 heterocycles. The first-order valence-electron chi connectivity index (χ1n) is 14.6. The van der Waals surface area contributed by atoms with Crippen molar-refractivity contribution >= 4 is 31.8 Å². The van der Waals surface area contributed by atoms with Crippen LogP contribution < -0.4 is 59.1 Å². The van der Waals surface area contributed by atoms with E-state index in [1.54, 1.807) is 13.8 Å². The SMILES string of the molecule is CCCCCC(C(=O)c1ccc(C(F)(F)C(F)(F)C(F)(F)C(F)(F)c2ccc(C(=O)C(CCCCC)S(=O)(=O)[O-])cc2)cc1)S(=O)(=O)[O-].[Na+].[Na+]. The van der Waals surface area contributed by atoms with Crippen molar-refractivity contribution in [2.24, 2.45) is 0 Å². The summed E-state index contributed by atoms with van der Waals surface area (Å²) in [6.45, 7) is 3.46. The molecule has 0 aliphatic rings. The van der Waals surface area contributed by atoms with E-state index >= 15 is 0 Å². The molecule has 2 atom stereocenters. The van der Waals surface area contributed by atoms with Crippen LogP contribution in [0.5, 0.6) is 0 Å². The molecule has 0 saturated heterocycles. The fourth-order valence-electron chi connectivity index (χ4n) is 4.79. The molecule has 0 N–H and O–H groups in total. The van der Waals surface area contributed by atoms with Gasteiger partial charge in [-0.1, -0.05) is 101 Å². The van der Waals surface area contributed by atoms with E-state index in [4.69, 9.17) is 0 Å². The van der Waals surface area contributed by atoms with Gasteiger partial charge < -0.3 is 9.11 Å². The van der Waals surface area contributed by atoms with Crippen LogP contribution in [-0.4, -0.2) is 59.9 Å². The van der Waals surface area contributed by atoms with Gasteiger partial charge in [-0.05, 0) is 12.8 Å². The Morgan fingerprint density at radius 2 is 0.820 bits per heavy atom. The first kappa shape index (κ1) is 49.0. The monoisotopic (exact) mass is 782 g/mol. The average Bonchev–Trinajstić information content (AvgIpc) is 2.99. The quantitative estimate of drug-likeness (QED) is 0.0680. The fraction of sp³-hybridized carbons (Fsp3) is 0.533. The molecule has 2 aromatic carbocycles. The Morgan fingerprint density at radius 1 is 0.560 bits per heavy atom. The Kier molecular flexibility index (Phi) is 18.5. The summed E-state index contributed by atoms with van der Waals surface area (Å²) in [5.74, 6) is -28.5. The number of benzene rings is 2. The maximum Gasteiger partial charge on any atom is 1.00 e. The van der Waals surface area contributed by atoms with Gasteiger partial charge in [0.1, 0.15) is 30.7 Å². The van der Waals surface area contributed by atoms with E-state index in [9.17, 15) is 70.7 Å². The van der Waals surface area contributed by atoms with Gasteiger partial charge in [0.15, 0.2) is 11.6 Å². The average molecular weight is 783 g/mol. The Balaban J connectivity index is 0.0000120. The van der Waals surface area contributed by atoms with Crippen LogP contribution in [0.2, 0.25) is 0 Å². The van der Waals surface area contributed by atoms with Gasteiger partial charge in [0.05, 0.1) is 0 Å². The van der Waals surface area contributed by atoms with E-state index in [0.29, 0.717) is 49.9 Å². The van der Waals surface area contributed by atoms with Crippen LogP contribution in [-0.2, 0) is 32.1 Å². The number of hydrogen-bond donors (Lipinski definition) is 0. The van der Waals surface area contributed by atoms with Crippen LogP contribution in [0, 0.1) is 0 Å². The summed E-state index contributed by atoms with van der Waals surface area (Å²) in [4.78, 5) is 25.2. The second-order valence-electron chi connectivity index (χ2n) is 11.1. The Bertz CT molecular complexity index is 1530. The number of ketones is 2. The molecule has 0 radical (unpaired) electrons. The minimum Gasteiger partial charge on any atom is -0.747 e. The smallest absolute Gasteiger partial charge is 0.747 e. The number of rotatable bonds is 19. The molecule has 8 nitrogen and oxygen atoms in total. The third-order valence-corrected chi connectivity index (χ3v) is 9.96. The molecule has 0 fully saturated rings. The molecular weight excluding hydrogens is 750 g/mol. The standard InChI is InChI=1S/C30H34F8O8S2.2Na/c1-3-5-7-9-23(47(41,42)43)25(39)19-11-15-21(16-12-19)27(31,32)29(35,36)30(37,38)28(33,34)22-17-13-20(14-18-22)26(40)24(48(44,45)46)10-8-6-4-2;;/h11-18,23-24H,3-10H2,1-2H3,(H,41,42,43)(H,44,45,46);;/q;2*+1/p-2. The van der Waals surface area contributed by atoms with Crippen molar-refractivity contribution in [3.05, 3.63) is 70.8 Å². The molecule has 20 heteroatoms. The zero-order chi connectivity index (χ0) is 36.9. The number of hydrogen-bond acceptors (Lipinski definition) is 8. The minimum absolute atomic E-state index is 0. The van der Waals surface area contributed by atoms with Gasteiger partial charge in [-0.2, -0.15) is 35.1 Å². The second kappa shape index (κ2) is 18.9. The van der Waals surface area contributed by atoms with Crippen molar-refractivity contribution in [2.75, 3.05) is 0 Å². The van der Waals surface area contributed by atoms with Crippen LogP contribution in [0.4, 0.5) is 35.1 Å². The van der Waals surface area contributed by atoms with E-state index in [0.717, 1.165) is 0 Å². The maximum absolute atomic E-state index is 14.9. The van der Waals surface area contributed by atoms with Gasteiger partial charge >= 0.3 is 82.8 Å². The number of Topliss-reactive ketones (excluding diaryl/α,β-unsaturated/α-hetero) is 2. The number of alkyl halides is 8. The third-order valence-electron chi connectivity index (χ3n) is 7.67. The zero-order valence-corrected chi connectivity index (χ0v) is 33.2. The van der Waals surface area contributed by atoms with Crippen molar-refractivity contribution in [3.8, 4) is 0 Å². The van der Waals surface area contributed by atoms with E-state index in [1.807, 2.05) is 0 Å². The maximum atomic E-state index is 14.9. The minimum atomic E-state index is -6.83. The van der Waals surface area contributed by atoms with Crippen molar-refractivity contribution in [1.29, 1.82) is 0 Å². The topological polar surface area (TPSA) is 149 Å². The number of carbonyl (C=O) groups excluding carboxylic acids is 2. The van der Waals surface area contributed by atoms with Gasteiger partial charge in [0.2, 0.25) is 0 Å². The molecule has 2 rings (SSSR count). The second-order valence-corrected chi connectivity index (χ2v) is 14.2. The van der Waals surface area contributed by atoms with Gasteiger partial charge in [0, 0.05) is 22.3 Å². The van der Waals surface area contributed by atoms with Crippen LogP contribution in [0.25, 0.3) is 0 Å². The fourth-order valence-corrected chi connectivity index (χ4v) is 6.50. The summed E-state index contributed by atoms with van der Waals surface area (Å²) in [6.07, 6.45) is 1.33. The molecule has 0 spiro atoms. The van der Waals surface area contributed by atoms with Crippen molar-refractivity contribution in [3.63, 3.8) is 0 Å². The number of halogens is 8. The predicted octanol–water partition coefficient (Wildman–Crippen LogP) is 1.20. The molecule has 0 aliphatic heterocycles. The predicted molar refractivity (Wildman–Crippen MR) is 154 cm³/mol. The summed E-state index contributed by atoms with van der Waals surface area (Å²) < 4.78 is 189. The van der Waals surface area contributed by atoms with E-state index in [2.05, 4.69) is 0 Å². The largest absolute Gasteiger partial charge is 1.00 e.